The van der Waals surface area contributed by atoms with Crippen molar-refractivity contribution in [2.24, 2.45) is 0 Å². The van der Waals surface area contributed by atoms with Gasteiger partial charge in [0, 0.05) is 24.4 Å². The Labute approximate surface area is 112 Å². The highest BCUT2D eigenvalue weighted by molar-refractivity contribution is 5.30. The van der Waals surface area contributed by atoms with Crippen LogP contribution in [0.3, 0.4) is 0 Å². The molecule has 0 radical (unpaired) electrons. The minimum Gasteiger partial charge on any atom is -0.344 e. The number of nitrogens with one attached hydrogen (secondary N) is 1. The van der Waals surface area contributed by atoms with E-state index in [1.165, 1.54) is 0 Å². The van der Waals surface area contributed by atoms with Gasteiger partial charge in [0.2, 0.25) is 5.95 Å². The standard InChI is InChI=1S/C13H18N6/c1-8-7-9(2)15-13(14-8)16-10(3)12-18-17-11-5-4-6-19(11)12/h7,10H,4-6H2,1-3H3,(H,14,15,16)/t10-/m1/s1. The predicted octanol–water partition coefficient (Wildman–Crippen LogP) is 1.80. The number of aryl methyl sites for hydroxylation is 3. The summed E-state index contributed by atoms with van der Waals surface area (Å²) in [6.07, 6.45) is 2.18. The molecule has 0 amide bonds. The molecule has 3 rings (SSSR count). The Kier molecular flexibility index (Phi) is 2.93. The second-order valence-electron chi connectivity index (χ2n) is 5.07. The van der Waals surface area contributed by atoms with Crippen LogP contribution in [0.15, 0.2) is 6.07 Å². The Morgan fingerprint density at radius 3 is 2.68 bits per heavy atom. The summed E-state index contributed by atoms with van der Waals surface area (Å²) in [4.78, 5) is 8.80. The molecule has 0 aromatic carbocycles. The van der Waals surface area contributed by atoms with Crippen molar-refractivity contribution in [3.63, 3.8) is 0 Å². The number of rotatable bonds is 3. The highest BCUT2D eigenvalue weighted by Gasteiger charge is 2.21. The average molecular weight is 258 g/mol. The fraction of sp³-hybridized carbons (Fsp3) is 0.538. The zero-order valence-electron chi connectivity index (χ0n) is 11.5. The second kappa shape index (κ2) is 4.60. The van der Waals surface area contributed by atoms with Crippen LogP contribution in [0.2, 0.25) is 0 Å². The molecule has 1 N–H and O–H groups in total. The SMILES string of the molecule is Cc1cc(C)nc(N[C@H](C)c2nnc3n2CCC3)n1. The van der Waals surface area contributed by atoms with Crippen LogP contribution in [0.25, 0.3) is 0 Å². The molecule has 0 unspecified atom stereocenters. The van der Waals surface area contributed by atoms with E-state index < -0.39 is 0 Å². The fourth-order valence-electron chi connectivity index (χ4n) is 2.54. The minimum absolute atomic E-state index is 0.0561. The normalized spacial score (nSPS) is 15.3. The monoisotopic (exact) mass is 258 g/mol. The zero-order chi connectivity index (χ0) is 13.4. The van der Waals surface area contributed by atoms with Gasteiger partial charge in [-0.1, -0.05) is 0 Å². The lowest BCUT2D eigenvalue weighted by Gasteiger charge is -2.14. The zero-order valence-corrected chi connectivity index (χ0v) is 11.5. The Morgan fingerprint density at radius 1 is 1.21 bits per heavy atom. The molecule has 0 saturated carbocycles. The molecule has 0 fully saturated rings. The highest BCUT2D eigenvalue weighted by Crippen LogP contribution is 2.21. The van der Waals surface area contributed by atoms with E-state index in [9.17, 15) is 0 Å². The van der Waals surface area contributed by atoms with Gasteiger partial charge in [0.25, 0.3) is 0 Å². The maximum absolute atomic E-state index is 4.40. The van der Waals surface area contributed by atoms with Gasteiger partial charge in [0.15, 0.2) is 5.82 Å². The number of hydrogen-bond acceptors (Lipinski definition) is 5. The first-order valence-corrected chi connectivity index (χ1v) is 6.64. The maximum Gasteiger partial charge on any atom is 0.223 e. The van der Waals surface area contributed by atoms with Crippen molar-refractivity contribution in [2.75, 3.05) is 5.32 Å². The summed E-state index contributed by atoms with van der Waals surface area (Å²) in [5, 5.41) is 11.8. The first-order chi connectivity index (χ1) is 9.13. The number of anilines is 1. The molecule has 0 saturated heterocycles. The lowest BCUT2D eigenvalue weighted by molar-refractivity contribution is 0.649. The summed E-state index contributed by atoms with van der Waals surface area (Å²) in [5.74, 6) is 2.71. The van der Waals surface area contributed by atoms with Gasteiger partial charge in [-0.2, -0.15) is 0 Å². The molecule has 6 heteroatoms. The quantitative estimate of drug-likeness (QED) is 0.909. The fourth-order valence-corrected chi connectivity index (χ4v) is 2.54. The lowest BCUT2D eigenvalue weighted by atomic mass is 10.3. The molecule has 0 spiro atoms. The third-order valence-corrected chi connectivity index (χ3v) is 3.35. The molecule has 19 heavy (non-hydrogen) atoms. The molecule has 1 atom stereocenters. The van der Waals surface area contributed by atoms with Crippen LogP contribution in [0, 0.1) is 13.8 Å². The Morgan fingerprint density at radius 2 is 1.95 bits per heavy atom. The molecule has 3 heterocycles. The van der Waals surface area contributed by atoms with E-state index in [1.54, 1.807) is 0 Å². The maximum atomic E-state index is 4.40. The Balaban J connectivity index is 1.82. The van der Waals surface area contributed by atoms with Gasteiger partial charge >= 0.3 is 0 Å². The first-order valence-electron chi connectivity index (χ1n) is 6.64. The van der Waals surface area contributed by atoms with Crippen molar-refractivity contribution >= 4 is 5.95 Å². The Hall–Kier alpha value is -1.98. The molecular formula is C13H18N6. The van der Waals surface area contributed by atoms with Gasteiger partial charge < -0.3 is 9.88 Å². The third kappa shape index (κ3) is 2.30. The van der Waals surface area contributed by atoms with E-state index >= 15 is 0 Å². The van der Waals surface area contributed by atoms with Crippen molar-refractivity contribution < 1.29 is 0 Å². The van der Waals surface area contributed by atoms with Crippen LogP contribution >= 0.6 is 0 Å². The van der Waals surface area contributed by atoms with E-state index in [4.69, 9.17) is 0 Å². The number of aromatic nitrogens is 5. The van der Waals surface area contributed by atoms with Gasteiger partial charge in [-0.15, -0.1) is 10.2 Å². The predicted molar refractivity (Wildman–Crippen MR) is 71.9 cm³/mol. The van der Waals surface area contributed by atoms with E-state index in [0.717, 1.165) is 42.4 Å². The average Bonchev–Trinajstić information content (AvgIpc) is 2.87. The first kappa shape index (κ1) is 12.1. The van der Waals surface area contributed by atoms with E-state index in [-0.39, 0.29) is 6.04 Å². The van der Waals surface area contributed by atoms with Crippen LogP contribution < -0.4 is 5.32 Å². The van der Waals surface area contributed by atoms with E-state index in [2.05, 4.69) is 37.0 Å². The van der Waals surface area contributed by atoms with Crippen molar-refractivity contribution in [2.45, 2.75) is 46.2 Å². The van der Waals surface area contributed by atoms with E-state index in [0.29, 0.717) is 5.95 Å². The van der Waals surface area contributed by atoms with E-state index in [1.807, 2.05) is 19.9 Å². The highest BCUT2D eigenvalue weighted by atomic mass is 15.3. The molecular weight excluding hydrogens is 240 g/mol. The molecule has 6 nitrogen and oxygen atoms in total. The Bertz CT molecular complexity index is 583. The molecule has 2 aromatic rings. The van der Waals surface area contributed by atoms with Crippen LogP contribution in [0.1, 0.15) is 42.4 Å². The van der Waals surface area contributed by atoms with Gasteiger partial charge in [-0.3, -0.25) is 0 Å². The van der Waals surface area contributed by atoms with Gasteiger partial charge in [0.05, 0.1) is 6.04 Å². The molecule has 0 aliphatic carbocycles. The molecule has 100 valence electrons. The van der Waals surface area contributed by atoms with Gasteiger partial charge in [0.1, 0.15) is 5.82 Å². The summed E-state index contributed by atoms with van der Waals surface area (Å²) < 4.78 is 2.19. The second-order valence-corrected chi connectivity index (χ2v) is 5.07. The summed E-state index contributed by atoms with van der Waals surface area (Å²) in [6, 6.07) is 2.02. The topological polar surface area (TPSA) is 68.5 Å². The molecule has 1 aliphatic heterocycles. The van der Waals surface area contributed by atoms with Crippen LogP contribution in [0.4, 0.5) is 5.95 Å². The summed E-state index contributed by atoms with van der Waals surface area (Å²) in [7, 11) is 0. The summed E-state index contributed by atoms with van der Waals surface area (Å²) >= 11 is 0. The van der Waals surface area contributed by atoms with Gasteiger partial charge in [-0.05, 0) is 33.3 Å². The largest absolute Gasteiger partial charge is 0.344 e. The molecule has 1 aliphatic rings. The third-order valence-electron chi connectivity index (χ3n) is 3.35. The van der Waals surface area contributed by atoms with Crippen LogP contribution in [-0.4, -0.2) is 24.7 Å². The molecule has 2 aromatic heterocycles. The van der Waals surface area contributed by atoms with Crippen LogP contribution in [0.5, 0.6) is 0 Å². The lowest BCUT2D eigenvalue weighted by Crippen LogP contribution is -2.15. The van der Waals surface area contributed by atoms with Crippen molar-refractivity contribution in [1.29, 1.82) is 0 Å². The molecule has 0 bridgehead atoms. The number of nitrogens with zero attached hydrogens (tertiary/aromatic N) is 5. The van der Waals surface area contributed by atoms with Crippen LogP contribution in [-0.2, 0) is 13.0 Å². The minimum atomic E-state index is 0.0561. The van der Waals surface area contributed by atoms with Crippen molar-refractivity contribution in [3.8, 4) is 0 Å². The number of fused-ring (bicyclic) bond motifs is 1. The smallest absolute Gasteiger partial charge is 0.223 e. The van der Waals surface area contributed by atoms with Crippen molar-refractivity contribution in [3.05, 3.63) is 29.1 Å². The van der Waals surface area contributed by atoms with Gasteiger partial charge in [-0.25, -0.2) is 9.97 Å². The summed E-state index contributed by atoms with van der Waals surface area (Å²) in [5.41, 5.74) is 1.93. The van der Waals surface area contributed by atoms with Crippen molar-refractivity contribution in [1.82, 2.24) is 24.7 Å². The number of hydrogen-bond donors (Lipinski definition) is 1. The summed E-state index contributed by atoms with van der Waals surface area (Å²) in [6.45, 7) is 7.02.